The smallest absolute Gasteiger partial charge is 0.258 e. The number of nitrogens with one attached hydrogen (secondary N) is 5. The fourth-order valence-corrected chi connectivity index (χ4v) is 6.26. The van der Waals surface area contributed by atoms with Gasteiger partial charge in [0.1, 0.15) is 35.7 Å². The zero-order chi connectivity index (χ0) is 38.1. The van der Waals surface area contributed by atoms with E-state index in [2.05, 4.69) is 31.7 Å². The highest BCUT2D eigenvalue weighted by atomic mass is 16.5. The number of ether oxygens (including phenoxy) is 1. The molecule has 0 spiro atoms. The second-order valence-corrected chi connectivity index (χ2v) is 13.4. The number of rotatable bonds is 6. The van der Waals surface area contributed by atoms with Crippen LogP contribution >= 0.6 is 0 Å². The molecule has 1 fully saturated rings. The number of aromatic nitrogens is 1. The number of hydrogen-bond donors (Lipinski definition) is 6. The van der Waals surface area contributed by atoms with Gasteiger partial charge in [0.15, 0.2) is 6.61 Å². The summed E-state index contributed by atoms with van der Waals surface area (Å²) in [6, 6.07) is 12.0. The van der Waals surface area contributed by atoms with Gasteiger partial charge in [-0.1, -0.05) is 47.6 Å². The van der Waals surface area contributed by atoms with Crippen molar-refractivity contribution in [3.8, 4) is 5.75 Å². The molecule has 16 nitrogen and oxygen atoms in total. The van der Waals surface area contributed by atoms with Crippen molar-refractivity contribution in [2.24, 2.45) is 0 Å². The molecule has 6 N–H and O–H groups in total. The van der Waals surface area contributed by atoms with Gasteiger partial charge < -0.3 is 45.9 Å². The minimum absolute atomic E-state index is 0.0448. The summed E-state index contributed by atoms with van der Waals surface area (Å²) in [5.74, 6) is -2.95. The van der Waals surface area contributed by atoms with Crippen LogP contribution < -0.4 is 31.3 Å². The van der Waals surface area contributed by atoms with Crippen molar-refractivity contribution < 1.29 is 43.1 Å². The lowest BCUT2D eigenvalue weighted by atomic mass is 10.0. The summed E-state index contributed by atoms with van der Waals surface area (Å²) in [5.41, 5.74) is 2.22. The molecular formula is C37H45N7O9. The lowest BCUT2D eigenvalue weighted by molar-refractivity contribution is -0.143. The monoisotopic (exact) mass is 731 g/mol. The van der Waals surface area contributed by atoms with Crippen molar-refractivity contribution in [2.75, 3.05) is 19.7 Å². The number of aryl methyl sites for hydroxylation is 1. The van der Waals surface area contributed by atoms with Crippen molar-refractivity contribution in [1.82, 2.24) is 36.6 Å². The Morgan fingerprint density at radius 1 is 1.00 bits per heavy atom. The predicted molar refractivity (Wildman–Crippen MR) is 189 cm³/mol. The molecular weight excluding hydrogens is 686 g/mol. The van der Waals surface area contributed by atoms with Crippen LogP contribution in [0.2, 0.25) is 0 Å². The number of carbonyl (C=O) groups excluding carboxylic acids is 6. The van der Waals surface area contributed by atoms with E-state index in [1.807, 2.05) is 6.07 Å². The van der Waals surface area contributed by atoms with E-state index in [4.69, 9.17) is 9.26 Å². The van der Waals surface area contributed by atoms with Crippen molar-refractivity contribution in [2.45, 2.75) is 82.8 Å². The molecule has 2 bridgehead atoms. The summed E-state index contributed by atoms with van der Waals surface area (Å²) >= 11 is 0. The van der Waals surface area contributed by atoms with Crippen LogP contribution in [0.4, 0.5) is 0 Å². The van der Waals surface area contributed by atoms with Gasteiger partial charge in [0, 0.05) is 31.6 Å². The van der Waals surface area contributed by atoms with E-state index in [0.29, 0.717) is 23.6 Å². The van der Waals surface area contributed by atoms with Crippen LogP contribution in [-0.2, 0) is 48.0 Å². The van der Waals surface area contributed by atoms with E-state index >= 15 is 0 Å². The Morgan fingerprint density at radius 3 is 2.42 bits per heavy atom. The minimum atomic E-state index is -1.49. The van der Waals surface area contributed by atoms with Gasteiger partial charge in [0.05, 0.1) is 18.2 Å². The summed E-state index contributed by atoms with van der Waals surface area (Å²) in [7, 11) is 0. The van der Waals surface area contributed by atoms with E-state index in [9.17, 15) is 33.9 Å². The Morgan fingerprint density at radius 2 is 1.74 bits per heavy atom. The third-order valence-electron chi connectivity index (χ3n) is 9.00. The number of benzene rings is 2. The summed E-state index contributed by atoms with van der Waals surface area (Å²) in [6.07, 6.45) is -1.02. The number of carbonyl (C=O) groups is 6. The third kappa shape index (κ3) is 10.6. The van der Waals surface area contributed by atoms with Gasteiger partial charge >= 0.3 is 0 Å². The first-order chi connectivity index (χ1) is 25.4. The molecule has 6 rings (SSSR count). The molecule has 3 aromatic rings. The molecule has 282 valence electrons. The normalized spacial score (nSPS) is 24.0. The number of amides is 6. The maximum atomic E-state index is 14.4. The number of aliphatic hydroxyl groups excluding tert-OH is 1. The Hall–Kier alpha value is -5.77. The van der Waals surface area contributed by atoms with E-state index in [1.54, 1.807) is 61.5 Å². The molecule has 1 aromatic heterocycles. The molecule has 3 aliphatic rings. The maximum absolute atomic E-state index is 14.4. The van der Waals surface area contributed by atoms with Crippen LogP contribution in [0.25, 0.3) is 0 Å². The summed E-state index contributed by atoms with van der Waals surface area (Å²) in [5, 5.41) is 27.8. The quantitative estimate of drug-likeness (QED) is 0.178. The van der Waals surface area contributed by atoms with Crippen LogP contribution in [0, 0.1) is 6.92 Å². The van der Waals surface area contributed by atoms with Crippen LogP contribution in [0.5, 0.6) is 5.75 Å². The highest BCUT2D eigenvalue weighted by Gasteiger charge is 2.44. The zero-order valence-corrected chi connectivity index (χ0v) is 29.8. The van der Waals surface area contributed by atoms with E-state index < -0.39 is 78.4 Å². The predicted octanol–water partition coefficient (Wildman–Crippen LogP) is -0.540. The first-order valence-corrected chi connectivity index (χ1v) is 17.5. The molecule has 6 atom stereocenters. The van der Waals surface area contributed by atoms with Crippen molar-refractivity contribution in [3.63, 3.8) is 0 Å². The highest BCUT2D eigenvalue weighted by Crippen LogP contribution is 2.22. The SMILES string of the molecule is Cc1cc(CC(=O)N[C@H]2C[C@H]3C(=O)N[C@@H]([C@@H](C)O)C(=O)N[C@@H](C)C(=O)NCCc4ccc(cc4)OCC(=O)N[C@@H](Cc4ccccc4)C(=O)N3C2)on1. The van der Waals surface area contributed by atoms with Gasteiger partial charge in [-0.25, -0.2) is 0 Å². The molecule has 4 heterocycles. The minimum Gasteiger partial charge on any atom is -0.484 e. The summed E-state index contributed by atoms with van der Waals surface area (Å²) in [4.78, 5) is 82.1. The number of hydrogen-bond acceptors (Lipinski definition) is 10. The second kappa shape index (κ2) is 17.6. The fourth-order valence-electron chi connectivity index (χ4n) is 6.26. The first-order valence-electron chi connectivity index (χ1n) is 17.5. The van der Waals surface area contributed by atoms with Crippen molar-refractivity contribution in [3.05, 3.63) is 83.2 Å². The largest absolute Gasteiger partial charge is 0.484 e. The third-order valence-corrected chi connectivity index (χ3v) is 9.00. The highest BCUT2D eigenvalue weighted by molar-refractivity contribution is 5.96. The molecule has 53 heavy (non-hydrogen) atoms. The molecule has 3 aliphatic heterocycles. The molecule has 0 saturated carbocycles. The second-order valence-electron chi connectivity index (χ2n) is 13.4. The van der Waals surface area contributed by atoms with E-state index in [0.717, 1.165) is 11.1 Å². The van der Waals surface area contributed by atoms with Gasteiger partial charge in [-0.3, -0.25) is 28.8 Å². The number of fused-ring (bicyclic) bond motifs is 16. The Labute approximate surface area is 306 Å². The molecule has 0 radical (unpaired) electrons. The molecule has 1 saturated heterocycles. The molecule has 2 aromatic carbocycles. The molecule has 0 aliphatic carbocycles. The lowest BCUT2D eigenvalue weighted by Crippen LogP contribution is -2.60. The molecule has 6 amide bonds. The number of nitrogens with zero attached hydrogens (tertiary/aromatic N) is 2. The van der Waals surface area contributed by atoms with Gasteiger partial charge in [-0.05, 0) is 56.9 Å². The van der Waals surface area contributed by atoms with Crippen LogP contribution in [0.3, 0.4) is 0 Å². The van der Waals surface area contributed by atoms with Gasteiger partial charge in [-0.15, -0.1) is 0 Å². The van der Waals surface area contributed by atoms with Gasteiger partial charge in [-0.2, -0.15) is 0 Å². The zero-order valence-electron chi connectivity index (χ0n) is 29.8. The van der Waals surface area contributed by atoms with E-state index in [1.165, 1.54) is 18.7 Å². The van der Waals surface area contributed by atoms with Crippen LogP contribution in [0.1, 0.15) is 42.8 Å². The topological polar surface area (TPSA) is 221 Å². The Balaban J connectivity index is 1.44. The molecule has 0 unspecified atom stereocenters. The average Bonchev–Trinajstić information content (AvgIpc) is 3.74. The first kappa shape index (κ1) is 38.5. The van der Waals surface area contributed by atoms with Crippen LogP contribution in [-0.4, -0.2) is 107 Å². The maximum Gasteiger partial charge on any atom is 0.258 e. The van der Waals surface area contributed by atoms with Gasteiger partial charge in [0.25, 0.3) is 5.91 Å². The Bertz CT molecular complexity index is 1780. The van der Waals surface area contributed by atoms with Crippen LogP contribution in [0.15, 0.2) is 65.2 Å². The summed E-state index contributed by atoms with van der Waals surface area (Å²) < 4.78 is 10.9. The van der Waals surface area contributed by atoms with Crippen molar-refractivity contribution in [1.29, 1.82) is 0 Å². The van der Waals surface area contributed by atoms with Gasteiger partial charge in [0.2, 0.25) is 29.5 Å². The fraction of sp³-hybridized carbons (Fsp3) is 0.432. The number of aliphatic hydroxyl groups is 1. The molecule has 16 heteroatoms. The standard InChI is InChI=1S/C37H45N7O9/c1-21-15-28(53-43-21)18-31(46)40-26-17-30-35(49)42-33(23(3)45)36(50)39-22(2)34(48)38-14-13-24-9-11-27(12-10-24)52-20-32(47)41-29(37(51)44(30)19-26)16-25-7-5-4-6-8-25/h4-12,15,22-23,26,29-30,33,45H,13-14,16-20H2,1-3H3,(H,38,48)(H,39,50)(H,40,46)(H,41,47)(H,42,49)/t22-,23+,26-,29-,30-,33-/m0/s1. The van der Waals surface area contributed by atoms with Crippen molar-refractivity contribution >= 4 is 35.4 Å². The Kier molecular flexibility index (Phi) is 12.8. The summed E-state index contributed by atoms with van der Waals surface area (Å²) in [6.45, 7) is 4.26. The lowest BCUT2D eigenvalue weighted by Gasteiger charge is -2.30. The van der Waals surface area contributed by atoms with E-state index in [-0.39, 0.29) is 32.4 Å². The average molecular weight is 732 g/mol.